The van der Waals surface area contributed by atoms with Crippen molar-refractivity contribution in [2.75, 3.05) is 5.32 Å². The van der Waals surface area contributed by atoms with Crippen LogP contribution in [0.2, 0.25) is 0 Å². The minimum Gasteiger partial charge on any atom is -0.335 e. The number of carbonyl (C=O) groups excluding carboxylic acids is 1. The lowest BCUT2D eigenvalue weighted by molar-refractivity contribution is -0.0897. The maximum atomic E-state index is 13.3. The van der Waals surface area contributed by atoms with Gasteiger partial charge in [0.15, 0.2) is 5.82 Å². The lowest BCUT2D eigenvalue weighted by Gasteiger charge is -2.37. The van der Waals surface area contributed by atoms with E-state index < -0.39 is 23.9 Å². The zero-order chi connectivity index (χ0) is 18.7. The van der Waals surface area contributed by atoms with E-state index >= 15 is 0 Å². The molecule has 1 aromatic heterocycles. The summed E-state index contributed by atoms with van der Waals surface area (Å²) in [7, 11) is 1.70. The SMILES string of the molecule is Cn1nc(NC(=O)NC2CC(F)(F)C2)c(C2CCC2)c1C1CC(F)(F)C1. The number of hydrogen-bond acceptors (Lipinski definition) is 2. The van der Waals surface area contributed by atoms with Gasteiger partial charge in [-0.2, -0.15) is 5.10 Å². The predicted octanol–water partition coefficient (Wildman–Crippen LogP) is 4.12. The first kappa shape index (κ1) is 17.6. The Hall–Kier alpha value is -1.80. The van der Waals surface area contributed by atoms with Crippen LogP contribution in [0.15, 0.2) is 0 Å². The molecule has 0 spiro atoms. The number of urea groups is 1. The number of nitrogens with zero attached hydrogens (tertiary/aromatic N) is 2. The Balaban J connectivity index is 1.49. The lowest BCUT2D eigenvalue weighted by Crippen LogP contribution is -2.51. The van der Waals surface area contributed by atoms with Crippen LogP contribution in [-0.4, -0.2) is 33.7 Å². The molecule has 2 amide bonds. The molecule has 0 radical (unpaired) electrons. The smallest absolute Gasteiger partial charge is 0.320 e. The van der Waals surface area contributed by atoms with Gasteiger partial charge in [-0.3, -0.25) is 10.00 Å². The summed E-state index contributed by atoms with van der Waals surface area (Å²) in [6.07, 6.45) is 1.81. The predicted molar refractivity (Wildman–Crippen MR) is 86.8 cm³/mol. The van der Waals surface area contributed by atoms with E-state index in [1.807, 2.05) is 0 Å². The fourth-order valence-electron chi connectivity index (χ4n) is 4.18. The summed E-state index contributed by atoms with van der Waals surface area (Å²) in [6.45, 7) is 0. The van der Waals surface area contributed by atoms with Crippen molar-refractivity contribution in [1.29, 1.82) is 0 Å². The van der Waals surface area contributed by atoms with Crippen LogP contribution < -0.4 is 10.6 Å². The fourth-order valence-corrected chi connectivity index (χ4v) is 4.18. The number of hydrogen-bond donors (Lipinski definition) is 2. The van der Waals surface area contributed by atoms with Crippen molar-refractivity contribution in [2.45, 2.75) is 74.7 Å². The summed E-state index contributed by atoms with van der Waals surface area (Å²) in [5.41, 5.74) is 1.61. The van der Waals surface area contributed by atoms with E-state index in [4.69, 9.17) is 0 Å². The second kappa shape index (κ2) is 5.85. The molecule has 0 bridgehead atoms. The molecule has 5 nitrogen and oxygen atoms in total. The Morgan fingerprint density at radius 1 is 1.08 bits per heavy atom. The van der Waals surface area contributed by atoms with Gasteiger partial charge in [-0.15, -0.1) is 0 Å². The molecule has 3 saturated carbocycles. The molecule has 1 heterocycles. The Morgan fingerprint density at radius 3 is 2.19 bits per heavy atom. The number of aryl methyl sites for hydroxylation is 1. The number of alkyl halides is 4. The lowest BCUT2D eigenvalue weighted by atomic mass is 9.72. The minimum absolute atomic E-state index is 0.199. The summed E-state index contributed by atoms with van der Waals surface area (Å²) in [4.78, 5) is 12.1. The molecule has 1 aromatic rings. The van der Waals surface area contributed by atoms with Crippen LogP contribution in [0.5, 0.6) is 0 Å². The number of carbonyl (C=O) groups is 1. The van der Waals surface area contributed by atoms with E-state index in [9.17, 15) is 22.4 Å². The van der Waals surface area contributed by atoms with Crippen molar-refractivity contribution < 1.29 is 22.4 Å². The number of aromatic nitrogens is 2. The van der Waals surface area contributed by atoms with Crippen molar-refractivity contribution in [3.05, 3.63) is 11.3 Å². The average molecular weight is 374 g/mol. The Labute approximate surface area is 148 Å². The molecule has 26 heavy (non-hydrogen) atoms. The van der Waals surface area contributed by atoms with Gasteiger partial charge in [-0.25, -0.2) is 22.4 Å². The highest BCUT2D eigenvalue weighted by atomic mass is 19.3. The molecule has 144 valence electrons. The van der Waals surface area contributed by atoms with Crippen LogP contribution in [0, 0.1) is 0 Å². The van der Waals surface area contributed by atoms with Crippen LogP contribution in [-0.2, 0) is 7.05 Å². The first-order valence-electron chi connectivity index (χ1n) is 9.03. The molecular weight excluding hydrogens is 352 g/mol. The van der Waals surface area contributed by atoms with Crippen molar-refractivity contribution in [3.8, 4) is 0 Å². The van der Waals surface area contributed by atoms with E-state index in [0.29, 0.717) is 5.82 Å². The third-order valence-corrected chi connectivity index (χ3v) is 5.78. The van der Waals surface area contributed by atoms with Gasteiger partial charge in [0.25, 0.3) is 5.92 Å². The Morgan fingerprint density at radius 2 is 1.69 bits per heavy atom. The summed E-state index contributed by atoms with van der Waals surface area (Å²) in [5, 5.41) is 9.51. The molecule has 0 atom stereocenters. The molecule has 3 aliphatic carbocycles. The van der Waals surface area contributed by atoms with Gasteiger partial charge in [0.05, 0.1) is 0 Å². The van der Waals surface area contributed by atoms with Crippen molar-refractivity contribution in [3.63, 3.8) is 0 Å². The summed E-state index contributed by atoms with van der Waals surface area (Å²) >= 11 is 0. The van der Waals surface area contributed by atoms with Gasteiger partial charge >= 0.3 is 6.03 Å². The largest absolute Gasteiger partial charge is 0.335 e. The molecule has 0 aromatic carbocycles. The first-order valence-corrected chi connectivity index (χ1v) is 9.03. The first-order chi connectivity index (χ1) is 12.1. The van der Waals surface area contributed by atoms with Gasteiger partial charge in [-0.1, -0.05) is 6.42 Å². The second-order valence-corrected chi connectivity index (χ2v) is 7.92. The van der Waals surface area contributed by atoms with Gasteiger partial charge in [0.1, 0.15) is 0 Å². The van der Waals surface area contributed by atoms with Crippen LogP contribution in [0.1, 0.15) is 68.0 Å². The van der Waals surface area contributed by atoms with Crippen molar-refractivity contribution in [1.82, 2.24) is 15.1 Å². The van der Waals surface area contributed by atoms with Crippen molar-refractivity contribution >= 4 is 11.8 Å². The van der Waals surface area contributed by atoms with Crippen molar-refractivity contribution in [2.24, 2.45) is 7.05 Å². The van der Waals surface area contributed by atoms with Crippen LogP contribution in [0.3, 0.4) is 0 Å². The van der Waals surface area contributed by atoms with Gasteiger partial charge < -0.3 is 5.32 Å². The molecular formula is C17H22F4N4O. The van der Waals surface area contributed by atoms with Crippen LogP contribution in [0.25, 0.3) is 0 Å². The summed E-state index contributed by atoms with van der Waals surface area (Å²) in [5.74, 6) is -5.03. The van der Waals surface area contributed by atoms with Crippen LogP contribution >= 0.6 is 0 Å². The van der Waals surface area contributed by atoms with E-state index in [0.717, 1.165) is 30.5 Å². The highest BCUT2D eigenvalue weighted by molar-refractivity contribution is 5.89. The molecule has 3 aliphatic rings. The maximum absolute atomic E-state index is 13.3. The Bertz CT molecular complexity index is 713. The maximum Gasteiger partial charge on any atom is 0.320 e. The highest BCUT2D eigenvalue weighted by Crippen LogP contribution is 2.52. The number of amides is 2. The molecule has 2 N–H and O–H groups in total. The van der Waals surface area contributed by atoms with Gasteiger partial charge in [-0.05, 0) is 18.8 Å². The molecule has 3 fully saturated rings. The third kappa shape index (κ3) is 3.16. The van der Waals surface area contributed by atoms with Crippen LogP contribution in [0.4, 0.5) is 28.2 Å². The topological polar surface area (TPSA) is 59.0 Å². The quantitative estimate of drug-likeness (QED) is 0.779. The molecule has 0 saturated heterocycles. The average Bonchev–Trinajstić information content (AvgIpc) is 2.68. The van der Waals surface area contributed by atoms with E-state index in [1.165, 1.54) is 0 Å². The standard InChI is InChI=1S/C17H22F4N4O/c1-25-13(10-5-16(18,19)6-10)12(9-3-2-4-9)14(24-25)23-15(26)22-11-7-17(20,21)8-11/h9-11H,2-8H2,1H3,(H2,22,23,24,26). The third-order valence-electron chi connectivity index (χ3n) is 5.78. The summed E-state index contributed by atoms with van der Waals surface area (Å²) in [6, 6.07) is -1.12. The number of anilines is 1. The van der Waals surface area contributed by atoms with E-state index in [-0.39, 0.29) is 37.5 Å². The monoisotopic (exact) mass is 374 g/mol. The van der Waals surface area contributed by atoms with Gasteiger partial charge in [0, 0.05) is 55.9 Å². The van der Waals surface area contributed by atoms with E-state index in [1.54, 1.807) is 11.7 Å². The molecule has 0 unspecified atom stereocenters. The number of rotatable bonds is 4. The molecule has 9 heteroatoms. The summed E-state index contributed by atoms with van der Waals surface area (Å²) < 4.78 is 54.0. The molecule has 4 rings (SSSR count). The normalized spacial score (nSPS) is 25.1. The fraction of sp³-hybridized carbons (Fsp3) is 0.765. The highest BCUT2D eigenvalue weighted by Gasteiger charge is 2.49. The Kier molecular flexibility index (Phi) is 3.96. The second-order valence-electron chi connectivity index (χ2n) is 7.92. The van der Waals surface area contributed by atoms with E-state index in [2.05, 4.69) is 15.7 Å². The number of halogens is 4. The zero-order valence-corrected chi connectivity index (χ0v) is 14.5. The van der Waals surface area contributed by atoms with Gasteiger partial charge in [0.2, 0.25) is 5.92 Å². The number of nitrogens with one attached hydrogen (secondary N) is 2. The minimum atomic E-state index is -2.71. The molecule has 0 aliphatic heterocycles. The zero-order valence-electron chi connectivity index (χ0n) is 14.5.